The minimum absolute atomic E-state index is 0.689. The van der Waals surface area contributed by atoms with Crippen molar-refractivity contribution in [1.82, 2.24) is 9.88 Å². The normalized spacial score (nSPS) is 26.9. The van der Waals surface area contributed by atoms with E-state index in [1.807, 2.05) is 0 Å². The molecule has 2 unspecified atom stereocenters. The number of likely N-dealkylation sites (tertiary alicyclic amines) is 1. The average Bonchev–Trinajstić information content (AvgIpc) is 2.24. The highest BCUT2D eigenvalue weighted by Gasteiger charge is 2.23. The summed E-state index contributed by atoms with van der Waals surface area (Å²) in [5.41, 5.74) is 2.31. The van der Waals surface area contributed by atoms with E-state index in [0.717, 1.165) is 18.2 Å². The molecule has 2 nitrogen and oxygen atoms in total. The summed E-state index contributed by atoms with van der Waals surface area (Å²) in [6.45, 7) is 7.71. The lowest BCUT2D eigenvalue weighted by Crippen LogP contribution is -2.39. The Morgan fingerprint density at radius 2 is 2.31 bits per heavy atom. The molecule has 0 radical (unpaired) electrons. The molecule has 0 aliphatic carbocycles. The third-order valence-corrected chi connectivity index (χ3v) is 4.58. The maximum Gasteiger partial charge on any atom is 0.0547 e. The van der Waals surface area contributed by atoms with E-state index in [-0.39, 0.29) is 0 Å². The standard InChI is InChI=1S/C13H19BrN2/c1-10-8-16(7-6-13(10)14)9-12-5-3-4-11(2)15-12/h3-5,10,13H,6-9H2,1-2H3. The summed E-state index contributed by atoms with van der Waals surface area (Å²) in [4.78, 5) is 7.75. The lowest BCUT2D eigenvalue weighted by Gasteiger charge is -2.34. The highest BCUT2D eigenvalue weighted by atomic mass is 79.9. The van der Waals surface area contributed by atoms with E-state index in [1.165, 1.54) is 25.2 Å². The van der Waals surface area contributed by atoms with Gasteiger partial charge in [0.2, 0.25) is 0 Å². The summed E-state index contributed by atoms with van der Waals surface area (Å²) in [5, 5.41) is 0. The Morgan fingerprint density at radius 1 is 1.50 bits per heavy atom. The third kappa shape index (κ3) is 3.05. The van der Waals surface area contributed by atoms with Crippen LogP contribution in [0, 0.1) is 12.8 Å². The highest BCUT2D eigenvalue weighted by molar-refractivity contribution is 9.09. The van der Waals surface area contributed by atoms with E-state index >= 15 is 0 Å². The van der Waals surface area contributed by atoms with E-state index in [2.05, 4.69) is 57.9 Å². The Bertz CT molecular complexity index is 354. The summed E-state index contributed by atoms with van der Waals surface area (Å²) in [7, 11) is 0. The van der Waals surface area contributed by atoms with Crippen LogP contribution in [-0.4, -0.2) is 27.8 Å². The van der Waals surface area contributed by atoms with Crippen LogP contribution in [0.25, 0.3) is 0 Å². The Morgan fingerprint density at radius 3 is 3.00 bits per heavy atom. The van der Waals surface area contributed by atoms with Gasteiger partial charge in [0.25, 0.3) is 0 Å². The highest BCUT2D eigenvalue weighted by Crippen LogP contribution is 2.24. The fourth-order valence-corrected chi connectivity index (χ4v) is 2.64. The van der Waals surface area contributed by atoms with Crippen LogP contribution in [0.4, 0.5) is 0 Å². The summed E-state index contributed by atoms with van der Waals surface area (Å²) < 4.78 is 0. The molecule has 0 bridgehead atoms. The van der Waals surface area contributed by atoms with Gasteiger partial charge in [0.1, 0.15) is 0 Å². The maximum absolute atomic E-state index is 4.56. The van der Waals surface area contributed by atoms with E-state index in [9.17, 15) is 0 Å². The molecule has 1 aromatic rings. The van der Waals surface area contributed by atoms with Crippen LogP contribution in [0.5, 0.6) is 0 Å². The Balaban J connectivity index is 1.95. The molecule has 1 aliphatic heterocycles. The molecule has 0 spiro atoms. The van der Waals surface area contributed by atoms with Crippen LogP contribution in [0.2, 0.25) is 0 Å². The molecule has 0 saturated carbocycles. The van der Waals surface area contributed by atoms with Crippen LogP contribution in [0.15, 0.2) is 18.2 Å². The molecule has 16 heavy (non-hydrogen) atoms. The van der Waals surface area contributed by atoms with Crippen LogP contribution in [0.1, 0.15) is 24.7 Å². The summed E-state index contributed by atoms with van der Waals surface area (Å²) in [5.74, 6) is 0.735. The van der Waals surface area contributed by atoms with Crippen LogP contribution < -0.4 is 0 Å². The van der Waals surface area contributed by atoms with Gasteiger partial charge in [0.15, 0.2) is 0 Å². The van der Waals surface area contributed by atoms with E-state index < -0.39 is 0 Å². The molecule has 0 amide bonds. The zero-order valence-corrected chi connectivity index (χ0v) is 11.6. The van der Waals surface area contributed by atoms with Crippen LogP contribution in [-0.2, 0) is 6.54 Å². The SMILES string of the molecule is Cc1cccc(CN2CCC(Br)C(C)C2)n1. The first kappa shape index (κ1) is 12.1. The number of pyridine rings is 1. The predicted molar refractivity (Wildman–Crippen MR) is 70.7 cm³/mol. The molecular weight excluding hydrogens is 264 g/mol. The molecule has 1 aliphatic rings. The van der Waals surface area contributed by atoms with Crippen LogP contribution >= 0.6 is 15.9 Å². The molecule has 1 aromatic heterocycles. The molecule has 88 valence electrons. The fourth-order valence-electron chi connectivity index (χ4n) is 2.26. The van der Waals surface area contributed by atoms with E-state index in [1.54, 1.807) is 0 Å². The van der Waals surface area contributed by atoms with Crippen molar-refractivity contribution in [3.8, 4) is 0 Å². The van der Waals surface area contributed by atoms with Gasteiger partial charge in [0, 0.05) is 23.6 Å². The van der Waals surface area contributed by atoms with Gasteiger partial charge in [-0.25, -0.2) is 0 Å². The second-order valence-electron chi connectivity index (χ2n) is 4.79. The molecule has 3 heteroatoms. The van der Waals surface area contributed by atoms with Crippen molar-refractivity contribution in [2.45, 2.75) is 31.6 Å². The largest absolute Gasteiger partial charge is 0.297 e. The van der Waals surface area contributed by atoms with Crippen molar-refractivity contribution < 1.29 is 0 Å². The fraction of sp³-hybridized carbons (Fsp3) is 0.615. The molecule has 1 fully saturated rings. The number of hydrogen-bond donors (Lipinski definition) is 0. The number of aromatic nitrogens is 1. The van der Waals surface area contributed by atoms with Gasteiger partial charge in [-0.2, -0.15) is 0 Å². The molecule has 2 rings (SSSR count). The zero-order valence-electron chi connectivity index (χ0n) is 9.99. The van der Waals surface area contributed by atoms with Gasteiger partial charge < -0.3 is 0 Å². The van der Waals surface area contributed by atoms with Crippen molar-refractivity contribution >= 4 is 15.9 Å². The predicted octanol–water partition coefficient (Wildman–Crippen LogP) is 3.00. The number of hydrogen-bond acceptors (Lipinski definition) is 2. The smallest absolute Gasteiger partial charge is 0.0547 e. The summed E-state index contributed by atoms with van der Waals surface area (Å²) in [6, 6.07) is 6.27. The Kier molecular flexibility index (Phi) is 3.98. The maximum atomic E-state index is 4.56. The number of alkyl halides is 1. The Hall–Kier alpha value is -0.410. The average molecular weight is 283 g/mol. The minimum Gasteiger partial charge on any atom is -0.297 e. The second kappa shape index (κ2) is 5.28. The van der Waals surface area contributed by atoms with Gasteiger partial charge in [-0.05, 0) is 37.9 Å². The van der Waals surface area contributed by atoms with Crippen LogP contribution in [0.3, 0.4) is 0 Å². The molecule has 2 heterocycles. The topological polar surface area (TPSA) is 16.1 Å². The Labute approximate surface area is 106 Å². The second-order valence-corrected chi connectivity index (χ2v) is 5.96. The van der Waals surface area contributed by atoms with Crippen molar-refractivity contribution in [1.29, 1.82) is 0 Å². The molecule has 2 atom stereocenters. The quantitative estimate of drug-likeness (QED) is 0.776. The van der Waals surface area contributed by atoms with Gasteiger partial charge in [-0.1, -0.05) is 28.9 Å². The number of rotatable bonds is 2. The minimum atomic E-state index is 0.689. The molecule has 0 N–H and O–H groups in total. The number of nitrogens with zero attached hydrogens (tertiary/aromatic N) is 2. The zero-order chi connectivity index (χ0) is 11.5. The van der Waals surface area contributed by atoms with Gasteiger partial charge >= 0.3 is 0 Å². The van der Waals surface area contributed by atoms with Gasteiger partial charge in [-0.3, -0.25) is 9.88 Å². The number of piperidine rings is 1. The van der Waals surface area contributed by atoms with Crippen molar-refractivity contribution in [2.75, 3.05) is 13.1 Å². The van der Waals surface area contributed by atoms with Gasteiger partial charge in [-0.15, -0.1) is 0 Å². The lowest BCUT2D eigenvalue weighted by atomic mass is 10.00. The molecule has 1 saturated heterocycles. The van der Waals surface area contributed by atoms with Crippen molar-refractivity contribution in [2.24, 2.45) is 5.92 Å². The number of halogens is 1. The summed E-state index contributed by atoms with van der Waals surface area (Å²) in [6.07, 6.45) is 1.24. The molecule has 0 aromatic carbocycles. The first-order valence-corrected chi connectivity index (χ1v) is 6.85. The first-order chi connectivity index (χ1) is 7.65. The van der Waals surface area contributed by atoms with Gasteiger partial charge in [0.05, 0.1) is 5.69 Å². The van der Waals surface area contributed by atoms with E-state index in [4.69, 9.17) is 0 Å². The lowest BCUT2D eigenvalue weighted by molar-refractivity contribution is 0.181. The number of aryl methyl sites for hydroxylation is 1. The monoisotopic (exact) mass is 282 g/mol. The van der Waals surface area contributed by atoms with Crippen molar-refractivity contribution in [3.63, 3.8) is 0 Å². The third-order valence-electron chi connectivity index (χ3n) is 3.22. The molecular formula is C13H19BrN2. The summed E-state index contributed by atoms with van der Waals surface area (Å²) >= 11 is 3.74. The van der Waals surface area contributed by atoms with Crippen molar-refractivity contribution in [3.05, 3.63) is 29.6 Å². The first-order valence-electron chi connectivity index (χ1n) is 5.94. The van der Waals surface area contributed by atoms with E-state index in [0.29, 0.717) is 4.83 Å².